The van der Waals surface area contributed by atoms with Gasteiger partial charge in [0.1, 0.15) is 5.75 Å². The number of carbonyl (C=O) groups excluding carboxylic acids is 2. The van der Waals surface area contributed by atoms with Crippen molar-refractivity contribution in [3.63, 3.8) is 0 Å². The van der Waals surface area contributed by atoms with E-state index in [4.69, 9.17) is 4.74 Å². The summed E-state index contributed by atoms with van der Waals surface area (Å²) in [7, 11) is -2.22. The molecule has 4 rings (SSSR count). The van der Waals surface area contributed by atoms with E-state index in [1.54, 1.807) is 41.3 Å². The van der Waals surface area contributed by atoms with Crippen molar-refractivity contribution in [2.24, 2.45) is 5.92 Å². The summed E-state index contributed by atoms with van der Waals surface area (Å²) in [6, 6.07) is 12.1. The number of fused-ring (bicyclic) bond motifs is 1. The molecule has 0 saturated carbocycles. The summed E-state index contributed by atoms with van der Waals surface area (Å²) in [5.41, 5.74) is 2.20. The van der Waals surface area contributed by atoms with E-state index in [1.807, 2.05) is 6.07 Å². The minimum absolute atomic E-state index is 0.0495. The van der Waals surface area contributed by atoms with Gasteiger partial charge in [0, 0.05) is 32.2 Å². The Morgan fingerprint density at radius 3 is 2.64 bits per heavy atom. The number of benzene rings is 2. The molecule has 0 spiro atoms. The summed E-state index contributed by atoms with van der Waals surface area (Å²) in [4.78, 5) is 26.7. The van der Waals surface area contributed by atoms with E-state index < -0.39 is 15.9 Å². The summed E-state index contributed by atoms with van der Waals surface area (Å²) >= 11 is 0. The van der Waals surface area contributed by atoms with Gasteiger partial charge in [0.2, 0.25) is 21.8 Å². The van der Waals surface area contributed by atoms with Crippen molar-refractivity contribution < 1.29 is 22.7 Å². The minimum Gasteiger partial charge on any atom is -0.495 e. The normalized spacial score (nSPS) is 19.0. The monoisotopic (exact) mass is 471 g/mol. The fraction of sp³-hybridized carbons (Fsp3) is 0.417. The van der Waals surface area contributed by atoms with Crippen LogP contribution in [-0.2, 0) is 26.0 Å². The number of carbonyl (C=O) groups is 2. The zero-order valence-electron chi connectivity index (χ0n) is 18.9. The molecule has 1 fully saturated rings. The standard InChI is InChI=1S/C24H29N3O5S/c1-17(28)27-14-6-7-18-15-20(11-12-22(18)27)33(30,31)26-13-5-8-19(16-26)24(29)25-21-9-3-4-10-23(21)32-2/h3-4,9-12,15,19H,5-8,13-14,16H2,1-2H3,(H,25,29)/t19-/m1/s1. The van der Waals surface area contributed by atoms with E-state index in [2.05, 4.69) is 5.32 Å². The summed E-state index contributed by atoms with van der Waals surface area (Å²) < 4.78 is 33.5. The average Bonchev–Trinajstić information content (AvgIpc) is 2.83. The van der Waals surface area contributed by atoms with E-state index in [9.17, 15) is 18.0 Å². The third-order valence-corrected chi connectivity index (χ3v) is 8.17. The second-order valence-corrected chi connectivity index (χ2v) is 10.4. The first-order valence-corrected chi connectivity index (χ1v) is 12.6. The number of piperidine rings is 1. The minimum atomic E-state index is -3.76. The molecule has 0 bridgehead atoms. The molecule has 1 saturated heterocycles. The number of anilines is 2. The third kappa shape index (κ3) is 4.74. The molecule has 1 N–H and O–H groups in total. The topological polar surface area (TPSA) is 96.0 Å². The zero-order valence-corrected chi connectivity index (χ0v) is 19.7. The van der Waals surface area contributed by atoms with Crippen LogP contribution in [0.2, 0.25) is 0 Å². The fourth-order valence-corrected chi connectivity index (χ4v) is 6.14. The number of sulfonamides is 1. The van der Waals surface area contributed by atoms with Gasteiger partial charge < -0.3 is 15.0 Å². The number of rotatable bonds is 5. The molecule has 0 aromatic heterocycles. The van der Waals surface area contributed by atoms with Gasteiger partial charge in [-0.1, -0.05) is 12.1 Å². The predicted molar refractivity (Wildman–Crippen MR) is 126 cm³/mol. The van der Waals surface area contributed by atoms with Crippen molar-refractivity contribution in [3.8, 4) is 5.75 Å². The van der Waals surface area contributed by atoms with Crippen LogP contribution in [-0.4, -0.2) is 51.3 Å². The second kappa shape index (κ2) is 9.52. The number of nitrogens with zero attached hydrogens (tertiary/aromatic N) is 2. The van der Waals surface area contributed by atoms with Crippen molar-refractivity contribution in [3.05, 3.63) is 48.0 Å². The number of hydrogen-bond acceptors (Lipinski definition) is 5. The molecule has 1 atom stereocenters. The van der Waals surface area contributed by atoms with Crippen molar-refractivity contribution in [1.29, 1.82) is 0 Å². The Kier molecular flexibility index (Phi) is 6.71. The smallest absolute Gasteiger partial charge is 0.243 e. The maximum Gasteiger partial charge on any atom is 0.243 e. The van der Waals surface area contributed by atoms with Gasteiger partial charge in [0.05, 0.1) is 23.6 Å². The van der Waals surface area contributed by atoms with Crippen LogP contribution in [0.4, 0.5) is 11.4 Å². The van der Waals surface area contributed by atoms with Crippen molar-refractivity contribution >= 4 is 33.2 Å². The highest BCUT2D eigenvalue weighted by Gasteiger charge is 2.34. The maximum absolute atomic E-state index is 13.4. The van der Waals surface area contributed by atoms with Crippen LogP contribution in [0.25, 0.3) is 0 Å². The first kappa shape index (κ1) is 23.3. The Bertz CT molecular complexity index is 1160. The van der Waals surface area contributed by atoms with Crippen molar-refractivity contribution in [1.82, 2.24) is 4.31 Å². The number of aryl methyl sites for hydroxylation is 1. The Labute approximate surface area is 194 Å². The van der Waals surface area contributed by atoms with E-state index in [-0.39, 0.29) is 23.3 Å². The quantitative estimate of drug-likeness (QED) is 0.723. The molecule has 2 amide bonds. The second-order valence-electron chi connectivity index (χ2n) is 8.46. The summed E-state index contributed by atoms with van der Waals surface area (Å²) in [5, 5.41) is 2.88. The SMILES string of the molecule is COc1ccccc1NC(=O)[C@@H]1CCCN(S(=O)(=O)c2ccc3c(c2)CCCN3C(C)=O)C1. The first-order chi connectivity index (χ1) is 15.8. The summed E-state index contributed by atoms with van der Waals surface area (Å²) in [5.74, 6) is -0.169. The largest absolute Gasteiger partial charge is 0.495 e. The molecule has 2 aliphatic heterocycles. The van der Waals surface area contributed by atoms with Gasteiger partial charge in [-0.15, -0.1) is 0 Å². The molecular weight excluding hydrogens is 442 g/mol. The van der Waals surface area contributed by atoms with Crippen LogP contribution in [0.1, 0.15) is 31.7 Å². The Hall–Kier alpha value is -2.91. The fourth-order valence-electron chi connectivity index (χ4n) is 4.57. The molecule has 0 radical (unpaired) electrons. The van der Waals surface area contributed by atoms with Crippen LogP contribution in [0, 0.1) is 5.92 Å². The first-order valence-electron chi connectivity index (χ1n) is 11.2. The van der Waals surface area contributed by atoms with Crippen LogP contribution < -0.4 is 15.0 Å². The van der Waals surface area contributed by atoms with Crippen LogP contribution in [0.3, 0.4) is 0 Å². The van der Waals surface area contributed by atoms with E-state index in [0.29, 0.717) is 37.4 Å². The lowest BCUT2D eigenvalue weighted by atomic mass is 9.98. The Balaban J connectivity index is 1.52. The molecule has 2 aliphatic rings. The summed E-state index contributed by atoms with van der Waals surface area (Å²) in [6.45, 7) is 2.66. The van der Waals surface area contributed by atoms with Crippen molar-refractivity contribution in [2.75, 3.05) is 37.0 Å². The lowest BCUT2D eigenvalue weighted by Gasteiger charge is -2.32. The zero-order chi connectivity index (χ0) is 23.6. The van der Waals surface area contributed by atoms with Crippen LogP contribution >= 0.6 is 0 Å². The number of para-hydroxylation sites is 2. The molecule has 2 aromatic carbocycles. The van der Waals surface area contributed by atoms with Gasteiger partial charge in [0.25, 0.3) is 0 Å². The van der Waals surface area contributed by atoms with E-state index in [1.165, 1.54) is 18.3 Å². The van der Waals surface area contributed by atoms with Gasteiger partial charge in [-0.3, -0.25) is 9.59 Å². The Morgan fingerprint density at radius 1 is 1.09 bits per heavy atom. The maximum atomic E-state index is 13.4. The molecule has 9 heteroatoms. The highest BCUT2D eigenvalue weighted by atomic mass is 32.2. The van der Waals surface area contributed by atoms with Gasteiger partial charge in [0.15, 0.2) is 0 Å². The number of hydrogen-bond donors (Lipinski definition) is 1. The molecule has 2 heterocycles. The number of ether oxygens (including phenoxy) is 1. The molecular formula is C24H29N3O5S. The molecule has 8 nitrogen and oxygen atoms in total. The lowest BCUT2D eigenvalue weighted by Crippen LogP contribution is -2.43. The third-order valence-electron chi connectivity index (χ3n) is 6.31. The van der Waals surface area contributed by atoms with Gasteiger partial charge in [-0.25, -0.2) is 8.42 Å². The number of nitrogens with one attached hydrogen (secondary N) is 1. The highest BCUT2D eigenvalue weighted by Crippen LogP contribution is 2.32. The lowest BCUT2D eigenvalue weighted by molar-refractivity contribution is -0.121. The van der Waals surface area contributed by atoms with Gasteiger partial charge >= 0.3 is 0 Å². The van der Waals surface area contributed by atoms with E-state index in [0.717, 1.165) is 24.1 Å². The average molecular weight is 472 g/mol. The van der Waals surface area contributed by atoms with Gasteiger partial charge in [-0.05, 0) is 61.6 Å². The van der Waals surface area contributed by atoms with Crippen LogP contribution in [0.5, 0.6) is 5.75 Å². The number of amides is 2. The number of methoxy groups -OCH3 is 1. The van der Waals surface area contributed by atoms with Gasteiger partial charge in [-0.2, -0.15) is 4.31 Å². The van der Waals surface area contributed by atoms with Crippen molar-refractivity contribution in [2.45, 2.75) is 37.5 Å². The highest BCUT2D eigenvalue weighted by molar-refractivity contribution is 7.89. The molecule has 0 unspecified atom stereocenters. The van der Waals surface area contributed by atoms with Crippen LogP contribution in [0.15, 0.2) is 47.4 Å². The molecule has 0 aliphatic carbocycles. The molecule has 33 heavy (non-hydrogen) atoms. The predicted octanol–water partition coefficient (Wildman–Crippen LogP) is 3.03. The van der Waals surface area contributed by atoms with E-state index >= 15 is 0 Å². The summed E-state index contributed by atoms with van der Waals surface area (Å²) in [6.07, 6.45) is 2.74. The molecule has 176 valence electrons. The molecule has 2 aromatic rings. The Morgan fingerprint density at radius 2 is 1.88 bits per heavy atom.